The fraction of sp³-hybridized carbons (Fsp3) is 0.733. The Kier molecular flexibility index (Phi) is 5.45. The topological polar surface area (TPSA) is 118 Å². The quantitative estimate of drug-likeness (QED) is 0.465. The van der Waals surface area contributed by atoms with E-state index in [1.807, 2.05) is 0 Å². The van der Waals surface area contributed by atoms with Gasteiger partial charge in [0, 0.05) is 18.3 Å². The van der Waals surface area contributed by atoms with E-state index in [0.717, 1.165) is 19.4 Å². The van der Waals surface area contributed by atoms with Crippen molar-refractivity contribution in [2.75, 3.05) is 21.3 Å². The van der Waals surface area contributed by atoms with E-state index in [-0.39, 0.29) is 12.2 Å². The number of carbonyl (C=O) groups excluding carboxylic acids is 4. The first-order valence-electron chi connectivity index (χ1n) is 7.62. The lowest BCUT2D eigenvalue weighted by Gasteiger charge is -2.32. The summed E-state index contributed by atoms with van der Waals surface area (Å²) in [6, 6.07) is 0. The Balaban J connectivity index is 2.53. The molecule has 2 saturated heterocycles. The Labute approximate surface area is 144 Å². The molecule has 0 aromatic heterocycles. The minimum Gasteiger partial charge on any atom is -0.467 e. The molecule has 0 aliphatic carbocycles. The SMILES string of the molecule is COC(=O)C1CC2(C(=O)OC)C(C(C)C(C)=O)C(C(=O)OC)ON2O1. The maximum absolute atomic E-state index is 12.6. The van der Waals surface area contributed by atoms with Gasteiger partial charge >= 0.3 is 17.9 Å². The molecule has 0 spiro atoms. The first-order chi connectivity index (χ1) is 11.7. The smallest absolute Gasteiger partial charge is 0.337 e. The Morgan fingerprint density at radius 2 is 1.64 bits per heavy atom. The van der Waals surface area contributed by atoms with Gasteiger partial charge in [0.1, 0.15) is 5.78 Å². The van der Waals surface area contributed by atoms with Crippen molar-refractivity contribution < 1.29 is 43.1 Å². The number of carbonyl (C=O) groups is 4. The van der Waals surface area contributed by atoms with E-state index in [0.29, 0.717) is 0 Å². The molecule has 0 aromatic carbocycles. The number of hydrogen-bond acceptors (Lipinski definition) is 10. The van der Waals surface area contributed by atoms with Gasteiger partial charge in [-0.05, 0) is 12.2 Å². The average Bonchev–Trinajstić information content (AvgIpc) is 3.12. The van der Waals surface area contributed by atoms with Crippen molar-refractivity contribution in [3.8, 4) is 0 Å². The Morgan fingerprint density at radius 3 is 2.12 bits per heavy atom. The summed E-state index contributed by atoms with van der Waals surface area (Å²) in [5.74, 6) is -4.29. The number of esters is 3. The van der Waals surface area contributed by atoms with Crippen LogP contribution in [0.15, 0.2) is 0 Å². The van der Waals surface area contributed by atoms with Crippen molar-refractivity contribution in [2.24, 2.45) is 11.8 Å². The van der Waals surface area contributed by atoms with E-state index in [1.165, 1.54) is 14.0 Å². The highest BCUT2D eigenvalue weighted by Crippen LogP contribution is 2.50. The Bertz CT molecular complexity index is 592. The minimum absolute atomic E-state index is 0.192. The lowest BCUT2D eigenvalue weighted by Crippen LogP contribution is -2.54. The van der Waals surface area contributed by atoms with Crippen LogP contribution in [0, 0.1) is 11.8 Å². The summed E-state index contributed by atoms with van der Waals surface area (Å²) in [6.45, 7) is 2.90. The van der Waals surface area contributed by atoms with Gasteiger partial charge in [-0.3, -0.25) is 14.5 Å². The van der Waals surface area contributed by atoms with Crippen LogP contribution in [0.5, 0.6) is 0 Å². The number of Topliss-reactive ketones (excluding diaryl/α,β-unsaturated/α-hetero) is 1. The molecular formula is C15H21NO9. The molecule has 0 aromatic rings. The van der Waals surface area contributed by atoms with Gasteiger partial charge in [-0.25, -0.2) is 14.4 Å². The number of fused-ring (bicyclic) bond motifs is 1. The summed E-state index contributed by atoms with van der Waals surface area (Å²) in [6.07, 6.45) is -2.59. The number of hydrogen-bond donors (Lipinski definition) is 0. The standard InChI is InChI=1S/C15H21NO9/c1-7(8(2)17)10-11(13(19)22-4)25-16-15(10,14(20)23-5)6-9(24-16)12(18)21-3/h7,9-11H,6H2,1-5H3. The van der Waals surface area contributed by atoms with Crippen LogP contribution in [0.3, 0.4) is 0 Å². The van der Waals surface area contributed by atoms with Crippen LogP contribution in [-0.4, -0.2) is 68.0 Å². The van der Waals surface area contributed by atoms with Crippen molar-refractivity contribution >= 4 is 23.7 Å². The fourth-order valence-corrected chi connectivity index (χ4v) is 3.36. The minimum atomic E-state index is -1.66. The molecule has 0 N–H and O–H groups in total. The molecule has 2 fully saturated rings. The zero-order chi connectivity index (χ0) is 18.9. The molecule has 0 saturated carbocycles. The van der Waals surface area contributed by atoms with Crippen LogP contribution < -0.4 is 0 Å². The summed E-state index contributed by atoms with van der Waals surface area (Å²) in [4.78, 5) is 59.4. The predicted molar refractivity (Wildman–Crippen MR) is 78.3 cm³/mol. The van der Waals surface area contributed by atoms with Crippen molar-refractivity contribution in [3.63, 3.8) is 0 Å². The highest BCUT2D eigenvalue weighted by atomic mass is 17.0. The van der Waals surface area contributed by atoms with E-state index >= 15 is 0 Å². The Hall–Kier alpha value is -2.04. The zero-order valence-corrected chi connectivity index (χ0v) is 14.6. The fourth-order valence-electron chi connectivity index (χ4n) is 3.36. The maximum Gasteiger partial charge on any atom is 0.337 e. The molecule has 140 valence electrons. The average molecular weight is 359 g/mol. The number of ether oxygens (including phenoxy) is 3. The molecule has 0 radical (unpaired) electrons. The molecule has 10 heteroatoms. The number of hydroxylamine groups is 2. The van der Waals surface area contributed by atoms with Crippen LogP contribution in [-0.2, 0) is 43.1 Å². The maximum atomic E-state index is 12.6. The molecule has 5 atom stereocenters. The first-order valence-corrected chi connectivity index (χ1v) is 7.62. The van der Waals surface area contributed by atoms with Gasteiger partial charge in [-0.2, -0.15) is 0 Å². The molecule has 0 amide bonds. The van der Waals surface area contributed by atoms with Gasteiger partial charge in [0.15, 0.2) is 17.7 Å². The van der Waals surface area contributed by atoms with Gasteiger partial charge in [-0.15, -0.1) is 0 Å². The third-order valence-corrected chi connectivity index (χ3v) is 4.75. The van der Waals surface area contributed by atoms with Crippen LogP contribution >= 0.6 is 0 Å². The second kappa shape index (κ2) is 7.06. The number of ketones is 1. The number of methoxy groups -OCH3 is 3. The lowest BCUT2D eigenvalue weighted by molar-refractivity contribution is -0.362. The van der Waals surface area contributed by atoms with Gasteiger partial charge in [0.05, 0.1) is 21.3 Å². The summed E-state index contributed by atoms with van der Waals surface area (Å²) < 4.78 is 14.2. The molecular weight excluding hydrogens is 338 g/mol. The van der Waals surface area contributed by atoms with E-state index in [2.05, 4.69) is 4.74 Å². The van der Waals surface area contributed by atoms with E-state index < -0.39 is 47.5 Å². The normalized spacial score (nSPS) is 32.6. The molecule has 2 aliphatic heterocycles. The van der Waals surface area contributed by atoms with Gasteiger partial charge in [-0.1, -0.05) is 6.92 Å². The molecule has 5 unspecified atom stereocenters. The van der Waals surface area contributed by atoms with E-state index in [9.17, 15) is 19.2 Å². The highest BCUT2D eigenvalue weighted by molar-refractivity contribution is 5.89. The van der Waals surface area contributed by atoms with Gasteiger partial charge in [0.25, 0.3) is 0 Å². The molecule has 2 rings (SSSR count). The number of rotatable bonds is 5. The molecule has 25 heavy (non-hydrogen) atoms. The second-order valence-electron chi connectivity index (χ2n) is 5.97. The van der Waals surface area contributed by atoms with Crippen LogP contribution in [0.25, 0.3) is 0 Å². The second-order valence-corrected chi connectivity index (χ2v) is 5.97. The highest BCUT2D eigenvalue weighted by Gasteiger charge is 2.71. The zero-order valence-electron chi connectivity index (χ0n) is 14.6. The Morgan fingerprint density at radius 1 is 1.04 bits per heavy atom. The van der Waals surface area contributed by atoms with Gasteiger partial charge < -0.3 is 14.2 Å². The molecule has 10 nitrogen and oxygen atoms in total. The summed E-state index contributed by atoms with van der Waals surface area (Å²) in [5, 5.41) is 0.784. The predicted octanol–water partition coefficient (Wildman–Crippen LogP) is -0.595. The van der Waals surface area contributed by atoms with Crippen molar-refractivity contribution in [2.45, 2.75) is 38.0 Å². The summed E-state index contributed by atoms with van der Waals surface area (Å²) >= 11 is 0. The van der Waals surface area contributed by atoms with E-state index in [4.69, 9.17) is 19.1 Å². The van der Waals surface area contributed by atoms with Crippen molar-refractivity contribution in [1.29, 1.82) is 0 Å². The van der Waals surface area contributed by atoms with Gasteiger partial charge in [0.2, 0.25) is 0 Å². The largest absolute Gasteiger partial charge is 0.467 e. The third kappa shape index (κ3) is 2.90. The van der Waals surface area contributed by atoms with Crippen molar-refractivity contribution in [1.82, 2.24) is 5.23 Å². The van der Waals surface area contributed by atoms with Crippen molar-refractivity contribution in [3.05, 3.63) is 0 Å². The molecule has 2 aliphatic rings. The van der Waals surface area contributed by atoms with Crippen LogP contribution in [0.4, 0.5) is 0 Å². The molecule has 0 bridgehead atoms. The summed E-state index contributed by atoms with van der Waals surface area (Å²) in [7, 11) is 3.49. The van der Waals surface area contributed by atoms with E-state index in [1.54, 1.807) is 6.92 Å². The van der Waals surface area contributed by atoms with Crippen LogP contribution in [0.1, 0.15) is 20.3 Å². The lowest BCUT2D eigenvalue weighted by atomic mass is 9.70. The number of nitrogens with zero attached hydrogens (tertiary/aromatic N) is 1. The molecule has 2 heterocycles. The third-order valence-electron chi connectivity index (χ3n) is 4.75. The first kappa shape index (κ1) is 19.3. The van der Waals surface area contributed by atoms with Crippen LogP contribution in [0.2, 0.25) is 0 Å². The summed E-state index contributed by atoms with van der Waals surface area (Å²) in [5.41, 5.74) is -1.66. The monoisotopic (exact) mass is 359 g/mol.